The molecule has 4 rings (SSSR count). The lowest BCUT2D eigenvalue weighted by atomic mass is 10.2. The van der Waals surface area contributed by atoms with Crippen molar-refractivity contribution in [3.8, 4) is 5.75 Å². The number of piperazine rings is 1. The summed E-state index contributed by atoms with van der Waals surface area (Å²) < 4.78 is 13.1. The lowest BCUT2D eigenvalue weighted by molar-refractivity contribution is -0.386. The Morgan fingerprint density at radius 3 is 2.64 bits per heavy atom. The second-order valence-corrected chi connectivity index (χ2v) is 7.94. The number of nitrogens with zero attached hydrogens (tertiary/aromatic N) is 5. The van der Waals surface area contributed by atoms with Crippen LogP contribution in [0.25, 0.3) is 0 Å². The van der Waals surface area contributed by atoms with Crippen LogP contribution in [-0.2, 0) is 19.7 Å². The number of rotatable bonds is 8. The molecule has 0 bridgehead atoms. The molecule has 0 atom stereocenters. The van der Waals surface area contributed by atoms with Gasteiger partial charge in [-0.2, -0.15) is 5.10 Å². The van der Waals surface area contributed by atoms with Gasteiger partial charge in [0.2, 0.25) is 0 Å². The number of aromatic nitrogens is 2. The fraction of sp³-hybridized carbons (Fsp3) is 0.391. The van der Waals surface area contributed by atoms with Gasteiger partial charge in [-0.05, 0) is 32.0 Å². The summed E-state index contributed by atoms with van der Waals surface area (Å²) in [5.74, 6) is 0.660. The largest absolute Gasteiger partial charge is 0.479 e. The van der Waals surface area contributed by atoms with Crippen molar-refractivity contribution in [2.75, 3.05) is 26.2 Å². The molecule has 0 unspecified atom stereocenters. The highest BCUT2D eigenvalue weighted by Crippen LogP contribution is 2.27. The number of hydrogen-bond acceptors (Lipinski definition) is 7. The maximum Gasteiger partial charge on any atom is 0.310 e. The van der Waals surface area contributed by atoms with E-state index >= 15 is 0 Å². The van der Waals surface area contributed by atoms with E-state index in [1.54, 1.807) is 29.2 Å². The Balaban J connectivity index is 1.30. The van der Waals surface area contributed by atoms with Gasteiger partial charge in [-0.1, -0.05) is 12.1 Å². The van der Waals surface area contributed by atoms with Crippen LogP contribution in [0.4, 0.5) is 5.69 Å². The minimum atomic E-state index is -0.497. The van der Waals surface area contributed by atoms with Gasteiger partial charge in [0.25, 0.3) is 5.91 Å². The molecule has 0 radical (unpaired) electrons. The minimum absolute atomic E-state index is 0.00327. The van der Waals surface area contributed by atoms with Gasteiger partial charge in [-0.3, -0.25) is 24.5 Å². The molecule has 2 aromatic heterocycles. The van der Waals surface area contributed by atoms with Crippen LogP contribution in [0.2, 0.25) is 0 Å². The molecule has 3 aromatic rings. The summed E-state index contributed by atoms with van der Waals surface area (Å²) in [5, 5.41) is 15.6. The molecule has 174 valence electrons. The molecule has 1 fully saturated rings. The average molecular weight is 453 g/mol. The number of ether oxygens (including phenoxy) is 1. The third-order valence-electron chi connectivity index (χ3n) is 5.73. The highest BCUT2D eigenvalue weighted by atomic mass is 16.6. The first-order chi connectivity index (χ1) is 15.9. The quantitative estimate of drug-likeness (QED) is 0.381. The fourth-order valence-electron chi connectivity index (χ4n) is 3.83. The van der Waals surface area contributed by atoms with E-state index in [2.05, 4.69) is 23.1 Å². The SMILES string of the molecule is CCn1cc(CN2CCN(C(=O)c3ccc(COc4ccccc4[N+](=O)[O-])o3)CC2)c(C)n1. The maximum absolute atomic E-state index is 12.9. The van der Waals surface area contributed by atoms with E-state index < -0.39 is 4.92 Å². The zero-order valence-corrected chi connectivity index (χ0v) is 18.8. The lowest BCUT2D eigenvalue weighted by Gasteiger charge is -2.34. The topological polar surface area (TPSA) is 107 Å². The van der Waals surface area contributed by atoms with Crippen LogP contribution in [-0.4, -0.2) is 56.6 Å². The summed E-state index contributed by atoms with van der Waals surface area (Å²) in [6.45, 7) is 8.53. The molecule has 10 nitrogen and oxygen atoms in total. The molecular formula is C23H27N5O5. The Labute approximate surface area is 191 Å². The molecule has 1 aromatic carbocycles. The number of hydrogen-bond donors (Lipinski definition) is 0. The van der Waals surface area contributed by atoms with Crippen molar-refractivity contribution in [2.45, 2.75) is 33.5 Å². The molecule has 0 N–H and O–H groups in total. The van der Waals surface area contributed by atoms with Crippen molar-refractivity contribution in [1.82, 2.24) is 19.6 Å². The monoisotopic (exact) mass is 453 g/mol. The smallest absolute Gasteiger partial charge is 0.310 e. The number of nitro groups is 1. The Morgan fingerprint density at radius 2 is 1.94 bits per heavy atom. The van der Waals surface area contributed by atoms with Gasteiger partial charge in [0.05, 0.1) is 10.6 Å². The number of carbonyl (C=O) groups is 1. The Kier molecular flexibility index (Phi) is 6.74. The first-order valence-electron chi connectivity index (χ1n) is 10.9. The number of amides is 1. The molecule has 1 saturated heterocycles. The van der Waals surface area contributed by atoms with E-state index in [1.807, 2.05) is 11.6 Å². The van der Waals surface area contributed by atoms with E-state index in [1.165, 1.54) is 17.7 Å². The average Bonchev–Trinajstić information content (AvgIpc) is 3.44. The van der Waals surface area contributed by atoms with Gasteiger partial charge in [0.15, 0.2) is 11.5 Å². The third-order valence-corrected chi connectivity index (χ3v) is 5.73. The number of carbonyl (C=O) groups excluding carboxylic acids is 1. The molecule has 1 aliphatic rings. The van der Waals surface area contributed by atoms with Crippen molar-refractivity contribution < 1.29 is 18.9 Å². The number of benzene rings is 1. The molecular weight excluding hydrogens is 426 g/mol. The van der Waals surface area contributed by atoms with Crippen LogP contribution in [0.3, 0.4) is 0 Å². The van der Waals surface area contributed by atoms with E-state index in [9.17, 15) is 14.9 Å². The predicted octanol–water partition coefficient (Wildman–Crippen LogP) is 3.25. The number of nitro benzene ring substituents is 1. The van der Waals surface area contributed by atoms with Gasteiger partial charge in [0.1, 0.15) is 12.4 Å². The van der Waals surface area contributed by atoms with Gasteiger partial charge in [-0.25, -0.2) is 0 Å². The standard InChI is InChI=1S/C23H27N5O5/c1-3-27-15-18(17(2)24-27)14-25-10-12-26(13-11-25)23(29)22-9-8-19(33-22)16-32-21-7-5-4-6-20(21)28(30)31/h4-9,15H,3,10-14,16H2,1-2H3. The summed E-state index contributed by atoms with van der Waals surface area (Å²) in [6.07, 6.45) is 2.09. The molecule has 33 heavy (non-hydrogen) atoms. The minimum Gasteiger partial charge on any atom is -0.479 e. The zero-order valence-electron chi connectivity index (χ0n) is 18.8. The van der Waals surface area contributed by atoms with Crippen molar-refractivity contribution in [2.24, 2.45) is 0 Å². The molecule has 0 saturated carbocycles. The summed E-state index contributed by atoms with van der Waals surface area (Å²) in [6, 6.07) is 9.43. The summed E-state index contributed by atoms with van der Waals surface area (Å²) >= 11 is 0. The normalized spacial score (nSPS) is 14.4. The number of furan rings is 1. The third kappa shape index (κ3) is 5.23. The van der Waals surface area contributed by atoms with Crippen molar-refractivity contribution in [3.63, 3.8) is 0 Å². The second kappa shape index (κ2) is 9.86. The molecule has 1 aliphatic heterocycles. The van der Waals surface area contributed by atoms with Crippen LogP contribution >= 0.6 is 0 Å². The van der Waals surface area contributed by atoms with Gasteiger partial charge in [-0.15, -0.1) is 0 Å². The van der Waals surface area contributed by atoms with Crippen LogP contribution in [0.15, 0.2) is 47.0 Å². The molecule has 1 amide bonds. The Morgan fingerprint density at radius 1 is 1.18 bits per heavy atom. The first-order valence-corrected chi connectivity index (χ1v) is 10.9. The summed E-state index contributed by atoms with van der Waals surface area (Å²) in [4.78, 5) is 27.6. The Bertz CT molecular complexity index is 1130. The van der Waals surface area contributed by atoms with Crippen LogP contribution < -0.4 is 4.74 Å². The summed E-state index contributed by atoms with van der Waals surface area (Å²) in [7, 11) is 0. The summed E-state index contributed by atoms with van der Waals surface area (Å²) in [5.41, 5.74) is 2.14. The van der Waals surface area contributed by atoms with Crippen LogP contribution in [0.5, 0.6) is 5.75 Å². The number of para-hydroxylation sites is 2. The Hall–Kier alpha value is -3.66. The lowest BCUT2D eigenvalue weighted by Crippen LogP contribution is -2.48. The highest BCUT2D eigenvalue weighted by Gasteiger charge is 2.25. The first kappa shape index (κ1) is 22.5. The van der Waals surface area contributed by atoms with E-state index in [0.717, 1.165) is 31.9 Å². The fourth-order valence-corrected chi connectivity index (χ4v) is 3.83. The van der Waals surface area contributed by atoms with E-state index in [-0.39, 0.29) is 29.7 Å². The second-order valence-electron chi connectivity index (χ2n) is 7.94. The molecule has 10 heteroatoms. The maximum atomic E-state index is 12.9. The van der Waals surface area contributed by atoms with Crippen molar-refractivity contribution in [3.05, 3.63) is 75.5 Å². The van der Waals surface area contributed by atoms with Crippen LogP contribution in [0.1, 0.15) is 34.5 Å². The van der Waals surface area contributed by atoms with Gasteiger partial charge < -0.3 is 14.1 Å². The van der Waals surface area contributed by atoms with Gasteiger partial charge >= 0.3 is 5.69 Å². The van der Waals surface area contributed by atoms with Crippen molar-refractivity contribution in [1.29, 1.82) is 0 Å². The van der Waals surface area contributed by atoms with Crippen molar-refractivity contribution >= 4 is 11.6 Å². The molecule has 3 heterocycles. The molecule has 0 aliphatic carbocycles. The van der Waals surface area contributed by atoms with E-state index in [4.69, 9.17) is 9.15 Å². The molecule has 0 spiro atoms. The number of aryl methyl sites for hydroxylation is 2. The predicted molar refractivity (Wildman–Crippen MR) is 120 cm³/mol. The van der Waals surface area contributed by atoms with E-state index in [0.29, 0.717) is 18.8 Å². The highest BCUT2D eigenvalue weighted by molar-refractivity contribution is 5.91. The zero-order chi connectivity index (χ0) is 23.4. The van der Waals surface area contributed by atoms with Gasteiger partial charge in [0, 0.05) is 57.1 Å². The van der Waals surface area contributed by atoms with Crippen LogP contribution in [0, 0.1) is 17.0 Å².